The normalized spacial score (nSPS) is 13.7. The number of esters is 1. The van der Waals surface area contributed by atoms with Gasteiger partial charge in [-0.05, 0) is 56.4 Å². The van der Waals surface area contributed by atoms with Gasteiger partial charge in [0.05, 0.1) is 12.1 Å². The van der Waals surface area contributed by atoms with Crippen molar-refractivity contribution in [2.75, 3.05) is 18.5 Å². The standard InChI is InChI=1S/C17H19ClN2O2/c1-2-22-16(21)10-19-17-12-5-3-4-6-14(12)20-15-8-7-11(18)9-13(15)17/h7-9H,2-6,10H2,1H3,(H,19,20). The van der Waals surface area contributed by atoms with Gasteiger partial charge in [-0.2, -0.15) is 0 Å². The number of pyridine rings is 1. The number of hydrogen-bond acceptors (Lipinski definition) is 4. The fourth-order valence-corrected chi connectivity index (χ4v) is 3.14. The molecule has 0 amide bonds. The average Bonchev–Trinajstić information content (AvgIpc) is 2.52. The van der Waals surface area contributed by atoms with Gasteiger partial charge in [0, 0.05) is 21.8 Å². The van der Waals surface area contributed by atoms with Gasteiger partial charge >= 0.3 is 5.97 Å². The molecule has 4 nitrogen and oxygen atoms in total. The summed E-state index contributed by atoms with van der Waals surface area (Å²) in [7, 11) is 0. The summed E-state index contributed by atoms with van der Waals surface area (Å²) >= 11 is 6.14. The van der Waals surface area contributed by atoms with Crippen molar-refractivity contribution in [1.29, 1.82) is 0 Å². The highest BCUT2D eigenvalue weighted by atomic mass is 35.5. The van der Waals surface area contributed by atoms with Crippen LogP contribution >= 0.6 is 11.6 Å². The van der Waals surface area contributed by atoms with Crippen molar-refractivity contribution in [3.05, 3.63) is 34.5 Å². The predicted octanol–water partition coefficient (Wildman–Crippen LogP) is 3.74. The zero-order valence-electron chi connectivity index (χ0n) is 12.6. The maximum Gasteiger partial charge on any atom is 0.325 e. The van der Waals surface area contributed by atoms with Crippen LogP contribution in [0, 0.1) is 0 Å². The van der Waals surface area contributed by atoms with Crippen molar-refractivity contribution in [1.82, 2.24) is 4.98 Å². The molecule has 0 bridgehead atoms. The Morgan fingerprint density at radius 2 is 2.18 bits per heavy atom. The molecule has 0 saturated carbocycles. The third-order valence-electron chi connectivity index (χ3n) is 3.94. The maximum atomic E-state index is 11.7. The Morgan fingerprint density at radius 1 is 1.36 bits per heavy atom. The molecule has 0 spiro atoms. The van der Waals surface area contributed by atoms with Gasteiger partial charge in [-0.3, -0.25) is 9.78 Å². The monoisotopic (exact) mass is 318 g/mol. The van der Waals surface area contributed by atoms with Crippen LogP contribution in [-0.4, -0.2) is 24.1 Å². The van der Waals surface area contributed by atoms with Crippen LogP contribution in [0.25, 0.3) is 10.9 Å². The summed E-state index contributed by atoms with van der Waals surface area (Å²) < 4.78 is 5.00. The minimum Gasteiger partial charge on any atom is -0.465 e. The lowest BCUT2D eigenvalue weighted by Crippen LogP contribution is -2.19. The molecule has 1 aliphatic rings. The number of aryl methyl sites for hydroxylation is 1. The second-order valence-electron chi connectivity index (χ2n) is 5.44. The highest BCUT2D eigenvalue weighted by Gasteiger charge is 2.19. The minimum atomic E-state index is -0.251. The molecule has 1 N–H and O–H groups in total. The predicted molar refractivity (Wildman–Crippen MR) is 88.5 cm³/mol. The van der Waals surface area contributed by atoms with E-state index in [4.69, 9.17) is 21.3 Å². The van der Waals surface area contributed by atoms with E-state index in [9.17, 15) is 4.79 Å². The van der Waals surface area contributed by atoms with Crippen LogP contribution in [0.5, 0.6) is 0 Å². The van der Waals surface area contributed by atoms with Crippen LogP contribution in [0.3, 0.4) is 0 Å². The van der Waals surface area contributed by atoms with E-state index < -0.39 is 0 Å². The number of nitrogens with one attached hydrogen (secondary N) is 1. The Bertz CT molecular complexity index is 715. The van der Waals surface area contributed by atoms with E-state index in [1.54, 1.807) is 6.92 Å². The first-order valence-corrected chi connectivity index (χ1v) is 8.07. The third-order valence-corrected chi connectivity index (χ3v) is 4.17. The largest absolute Gasteiger partial charge is 0.465 e. The molecule has 0 radical (unpaired) electrons. The lowest BCUT2D eigenvalue weighted by molar-refractivity contribution is -0.140. The zero-order valence-corrected chi connectivity index (χ0v) is 13.4. The van der Waals surface area contributed by atoms with Crippen molar-refractivity contribution in [2.45, 2.75) is 32.6 Å². The van der Waals surface area contributed by atoms with Gasteiger partial charge in [0.1, 0.15) is 6.54 Å². The summed E-state index contributed by atoms with van der Waals surface area (Å²) in [6, 6.07) is 5.69. The number of rotatable bonds is 4. The summed E-state index contributed by atoms with van der Waals surface area (Å²) in [6.45, 7) is 2.36. The second kappa shape index (κ2) is 6.53. The topological polar surface area (TPSA) is 51.2 Å². The molecule has 1 aromatic heterocycles. The summed E-state index contributed by atoms with van der Waals surface area (Å²) in [6.07, 6.45) is 4.28. The lowest BCUT2D eigenvalue weighted by Gasteiger charge is -2.21. The SMILES string of the molecule is CCOC(=O)CNc1c2c(nc3ccc(Cl)cc13)CCCC2. The highest BCUT2D eigenvalue weighted by Crippen LogP contribution is 2.34. The molecule has 0 fully saturated rings. The van der Waals surface area contributed by atoms with Crippen molar-refractivity contribution >= 4 is 34.2 Å². The van der Waals surface area contributed by atoms with E-state index in [1.807, 2.05) is 18.2 Å². The van der Waals surface area contributed by atoms with Crippen molar-refractivity contribution in [3.63, 3.8) is 0 Å². The van der Waals surface area contributed by atoms with Gasteiger partial charge < -0.3 is 10.1 Å². The second-order valence-corrected chi connectivity index (χ2v) is 5.88. The quantitative estimate of drug-likeness (QED) is 0.872. The molecule has 1 aliphatic carbocycles. The number of benzene rings is 1. The number of ether oxygens (including phenoxy) is 1. The van der Waals surface area contributed by atoms with Gasteiger partial charge in [-0.25, -0.2) is 0 Å². The molecule has 116 valence electrons. The Morgan fingerprint density at radius 3 is 3.00 bits per heavy atom. The molecule has 3 rings (SSSR count). The highest BCUT2D eigenvalue weighted by molar-refractivity contribution is 6.31. The number of anilines is 1. The summed E-state index contributed by atoms with van der Waals surface area (Å²) in [5, 5.41) is 4.89. The number of carbonyl (C=O) groups excluding carboxylic acids is 1. The Labute approximate surface area is 134 Å². The number of halogens is 1. The number of fused-ring (bicyclic) bond motifs is 2. The van der Waals surface area contributed by atoms with Crippen molar-refractivity contribution in [3.8, 4) is 0 Å². The molecule has 2 aromatic rings. The van der Waals surface area contributed by atoms with Gasteiger partial charge in [-0.1, -0.05) is 11.6 Å². The first-order chi connectivity index (χ1) is 10.7. The Balaban J connectivity index is 2.03. The molecule has 5 heteroatoms. The van der Waals surface area contributed by atoms with E-state index in [0.717, 1.165) is 48.0 Å². The van der Waals surface area contributed by atoms with Gasteiger partial charge in [0.15, 0.2) is 0 Å². The Hall–Kier alpha value is -1.81. The molecule has 22 heavy (non-hydrogen) atoms. The third kappa shape index (κ3) is 3.02. The molecule has 1 aromatic carbocycles. The van der Waals surface area contributed by atoms with Crippen LogP contribution in [0.4, 0.5) is 5.69 Å². The summed E-state index contributed by atoms with van der Waals surface area (Å²) in [5.41, 5.74) is 4.24. The Kier molecular flexibility index (Phi) is 4.48. The molecular weight excluding hydrogens is 300 g/mol. The molecule has 0 atom stereocenters. The first kappa shape index (κ1) is 15.1. The van der Waals surface area contributed by atoms with Crippen molar-refractivity contribution in [2.24, 2.45) is 0 Å². The average molecular weight is 319 g/mol. The van der Waals surface area contributed by atoms with Gasteiger partial charge in [0.25, 0.3) is 0 Å². The van der Waals surface area contributed by atoms with E-state index in [1.165, 1.54) is 5.56 Å². The molecule has 0 unspecified atom stereocenters. The number of aromatic nitrogens is 1. The van der Waals surface area contributed by atoms with E-state index in [0.29, 0.717) is 11.6 Å². The number of hydrogen-bond donors (Lipinski definition) is 1. The van der Waals surface area contributed by atoms with E-state index in [-0.39, 0.29) is 12.5 Å². The van der Waals surface area contributed by atoms with Gasteiger partial charge in [-0.15, -0.1) is 0 Å². The number of carbonyl (C=O) groups is 1. The zero-order chi connectivity index (χ0) is 15.5. The van der Waals surface area contributed by atoms with E-state index >= 15 is 0 Å². The van der Waals surface area contributed by atoms with Crippen molar-refractivity contribution < 1.29 is 9.53 Å². The van der Waals surface area contributed by atoms with E-state index in [2.05, 4.69) is 5.32 Å². The molecule has 0 aliphatic heterocycles. The van der Waals surface area contributed by atoms with Gasteiger partial charge in [0.2, 0.25) is 0 Å². The number of nitrogens with zero attached hydrogens (tertiary/aromatic N) is 1. The summed E-state index contributed by atoms with van der Waals surface area (Å²) in [4.78, 5) is 16.4. The fourth-order valence-electron chi connectivity index (χ4n) is 2.97. The lowest BCUT2D eigenvalue weighted by atomic mass is 9.92. The fraction of sp³-hybridized carbons (Fsp3) is 0.412. The maximum absolute atomic E-state index is 11.7. The molecule has 0 saturated heterocycles. The van der Waals surface area contributed by atoms with Crippen LogP contribution in [-0.2, 0) is 22.4 Å². The van der Waals surface area contributed by atoms with Crippen LogP contribution < -0.4 is 5.32 Å². The summed E-state index contributed by atoms with van der Waals surface area (Å²) in [5.74, 6) is -0.251. The smallest absolute Gasteiger partial charge is 0.325 e. The minimum absolute atomic E-state index is 0.159. The molecule has 1 heterocycles. The van der Waals surface area contributed by atoms with Crippen LogP contribution in [0.2, 0.25) is 5.02 Å². The van der Waals surface area contributed by atoms with Crippen LogP contribution in [0.15, 0.2) is 18.2 Å². The first-order valence-electron chi connectivity index (χ1n) is 7.69. The molecular formula is C17H19ClN2O2. The van der Waals surface area contributed by atoms with Crippen LogP contribution in [0.1, 0.15) is 31.0 Å².